The second kappa shape index (κ2) is 8.37. The molecule has 0 bridgehead atoms. The van der Waals surface area contributed by atoms with Crippen LogP contribution in [-0.4, -0.2) is 30.8 Å². The summed E-state index contributed by atoms with van der Waals surface area (Å²) in [4.78, 5) is 10.5. The molecule has 0 saturated carbocycles. The van der Waals surface area contributed by atoms with Crippen LogP contribution < -0.4 is 10.1 Å². The number of nitro benzene ring substituents is 1. The molecule has 0 heterocycles. The van der Waals surface area contributed by atoms with Gasteiger partial charge < -0.3 is 14.8 Å². The maximum absolute atomic E-state index is 10.9. The Morgan fingerprint density at radius 1 is 1.35 bits per heavy atom. The highest BCUT2D eigenvalue weighted by Crippen LogP contribution is 2.26. The first-order valence-corrected chi connectivity index (χ1v) is 6.80. The molecular formula is C14H22N2O4. The minimum absolute atomic E-state index is 0.0236. The maximum atomic E-state index is 10.9. The number of hydrogen-bond acceptors (Lipinski definition) is 5. The Morgan fingerprint density at radius 2 is 2.10 bits per heavy atom. The Morgan fingerprint density at radius 3 is 2.70 bits per heavy atom. The number of non-ortho nitro benzene ring substituents is 1. The lowest BCUT2D eigenvalue weighted by molar-refractivity contribution is -0.384. The summed E-state index contributed by atoms with van der Waals surface area (Å²) in [6, 6.07) is 4.72. The van der Waals surface area contributed by atoms with Crippen LogP contribution in [0.15, 0.2) is 18.2 Å². The first-order valence-electron chi connectivity index (χ1n) is 6.80. The fraction of sp³-hybridized carbons (Fsp3) is 0.571. The minimum Gasteiger partial charge on any atom is -0.491 e. The van der Waals surface area contributed by atoms with Gasteiger partial charge in [0.25, 0.3) is 5.69 Å². The van der Waals surface area contributed by atoms with E-state index in [9.17, 15) is 10.1 Å². The second-order valence-electron chi connectivity index (χ2n) is 4.62. The van der Waals surface area contributed by atoms with Crippen molar-refractivity contribution in [2.75, 3.05) is 25.1 Å². The summed E-state index contributed by atoms with van der Waals surface area (Å²) in [6.07, 6.45) is 0.819. The van der Waals surface area contributed by atoms with E-state index < -0.39 is 4.92 Å². The van der Waals surface area contributed by atoms with E-state index in [1.165, 1.54) is 12.1 Å². The summed E-state index contributed by atoms with van der Waals surface area (Å²) >= 11 is 0. The predicted octanol–water partition coefficient (Wildman–Crippen LogP) is 3.22. The van der Waals surface area contributed by atoms with Crippen LogP contribution in [0.2, 0.25) is 0 Å². The number of nitro groups is 1. The van der Waals surface area contributed by atoms with Crippen molar-refractivity contribution in [2.45, 2.75) is 33.3 Å². The third kappa shape index (κ3) is 5.88. The van der Waals surface area contributed by atoms with Gasteiger partial charge in [0.2, 0.25) is 0 Å². The molecule has 0 aliphatic rings. The zero-order valence-electron chi connectivity index (χ0n) is 12.2. The standard InChI is InChI=1S/C14H22N2O4/c1-4-19-7-5-6-15-12-8-13(16(17)18)10-14(9-12)20-11(2)3/h8-11,15H,4-7H2,1-3H3. The molecule has 1 aromatic rings. The van der Waals surface area contributed by atoms with Crippen LogP contribution in [0.25, 0.3) is 0 Å². The molecule has 1 aromatic carbocycles. The number of nitrogens with zero attached hydrogens (tertiary/aromatic N) is 1. The van der Waals surface area contributed by atoms with Crippen molar-refractivity contribution in [3.8, 4) is 5.75 Å². The van der Waals surface area contributed by atoms with Crippen molar-refractivity contribution in [3.63, 3.8) is 0 Å². The summed E-state index contributed by atoms with van der Waals surface area (Å²) < 4.78 is 10.8. The molecule has 0 unspecified atom stereocenters. The van der Waals surface area contributed by atoms with Crippen molar-refractivity contribution < 1.29 is 14.4 Å². The minimum atomic E-state index is -0.418. The molecule has 0 amide bonds. The Bertz CT molecular complexity index is 435. The van der Waals surface area contributed by atoms with E-state index in [-0.39, 0.29) is 11.8 Å². The summed E-state index contributed by atoms with van der Waals surface area (Å²) in [7, 11) is 0. The molecule has 0 spiro atoms. The maximum Gasteiger partial charge on any atom is 0.275 e. The highest BCUT2D eigenvalue weighted by atomic mass is 16.6. The van der Waals surface area contributed by atoms with Gasteiger partial charge in [-0.05, 0) is 27.2 Å². The zero-order chi connectivity index (χ0) is 15.0. The Labute approximate surface area is 119 Å². The lowest BCUT2D eigenvalue weighted by Crippen LogP contribution is -2.08. The number of benzene rings is 1. The topological polar surface area (TPSA) is 73.6 Å². The Hall–Kier alpha value is -1.82. The molecule has 1 rings (SSSR count). The van der Waals surface area contributed by atoms with E-state index in [2.05, 4.69) is 5.32 Å². The lowest BCUT2D eigenvalue weighted by Gasteiger charge is -2.12. The number of ether oxygens (including phenoxy) is 2. The molecular weight excluding hydrogens is 260 g/mol. The summed E-state index contributed by atoms with van der Waals surface area (Å²) in [5.74, 6) is 0.501. The first kappa shape index (κ1) is 16.2. The summed E-state index contributed by atoms with van der Waals surface area (Å²) in [5.41, 5.74) is 0.710. The van der Waals surface area contributed by atoms with E-state index in [0.29, 0.717) is 31.2 Å². The Kier molecular flexibility index (Phi) is 6.79. The third-order valence-corrected chi connectivity index (χ3v) is 2.47. The average Bonchev–Trinajstić information content (AvgIpc) is 2.37. The number of hydrogen-bond donors (Lipinski definition) is 1. The molecule has 20 heavy (non-hydrogen) atoms. The van der Waals surface area contributed by atoms with Gasteiger partial charge >= 0.3 is 0 Å². The van der Waals surface area contributed by atoms with Gasteiger partial charge in [-0.25, -0.2) is 0 Å². The van der Waals surface area contributed by atoms with E-state index in [4.69, 9.17) is 9.47 Å². The van der Waals surface area contributed by atoms with Gasteiger partial charge in [-0.15, -0.1) is 0 Å². The van der Waals surface area contributed by atoms with Crippen molar-refractivity contribution in [1.82, 2.24) is 0 Å². The van der Waals surface area contributed by atoms with E-state index in [1.54, 1.807) is 6.07 Å². The van der Waals surface area contributed by atoms with Crippen LogP contribution in [-0.2, 0) is 4.74 Å². The van der Waals surface area contributed by atoms with Gasteiger partial charge in [0.1, 0.15) is 5.75 Å². The highest BCUT2D eigenvalue weighted by molar-refractivity contribution is 5.56. The largest absolute Gasteiger partial charge is 0.491 e. The number of rotatable bonds is 9. The zero-order valence-corrected chi connectivity index (χ0v) is 12.2. The smallest absolute Gasteiger partial charge is 0.275 e. The monoisotopic (exact) mass is 282 g/mol. The molecule has 0 fully saturated rings. The summed E-state index contributed by atoms with van der Waals surface area (Å²) in [5, 5.41) is 14.1. The Balaban J connectivity index is 2.68. The number of nitrogens with one attached hydrogen (secondary N) is 1. The second-order valence-corrected chi connectivity index (χ2v) is 4.62. The van der Waals surface area contributed by atoms with Gasteiger partial charge in [-0.2, -0.15) is 0 Å². The first-order chi connectivity index (χ1) is 9.52. The molecule has 6 heteroatoms. The van der Waals surface area contributed by atoms with Crippen molar-refractivity contribution in [1.29, 1.82) is 0 Å². The van der Waals surface area contributed by atoms with Crippen LogP contribution in [0.1, 0.15) is 27.2 Å². The van der Waals surface area contributed by atoms with Crippen LogP contribution in [0.5, 0.6) is 5.75 Å². The highest BCUT2D eigenvalue weighted by Gasteiger charge is 2.11. The average molecular weight is 282 g/mol. The fourth-order valence-electron chi connectivity index (χ4n) is 1.68. The molecule has 0 saturated heterocycles. The molecule has 0 aliphatic carbocycles. The van der Waals surface area contributed by atoms with Crippen LogP contribution in [0.3, 0.4) is 0 Å². The van der Waals surface area contributed by atoms with Gasteiger partial charge in [0.15, 0.2) is 0 Å². The van der Waals surface area contributed by atoms with Gasteiger partial charge in [-0.3, -0.25) is 10.1 Å². The lowest BCUT2D eigenvalue weighted by atomic mass is 10.2. The SMILES string of the molecule is CCOCCCNc1cc(OC(C)C)cc([N+](=O)[O-])c1. The molecule has 112 valence electrons. The van der Waals surface area contributed by atoms with E-state index >= 15 is 0 Å². The molecule has 0 atom stereocenters. The van der Waals surface area contributed by atoms with Gasteiger partial charge in [0, 0.05) is 37.6 Å². The van der Waals surface area contributed by atoms with E-state index in [0.717, 1.165) is 6.42 Å². The van der Waals surface area contributed by atoms with Crippen molar-refractivity contribution in [3.05, 3.63) is 28.3 Å². The van der Waals surface area contributed by atoms with Crippen molar-refractivity contribution in [2.24, 2.45) is 0 Å². The fourth-order valence-corrected chi connectivity index (χ4v) is 1.68. The molecule has 6 nitrogen and oxygen atoms in total. The quantitative estimate of drug-likeness (QED) is 0.427. The summed E-state index contributed by atoms with van der Waals surface area (Å²) in [6.45, 7) is 7.78. The normalized spacial score (nSPS) is 10.6. The molecule has 1 N–H and O–H groups in total. The van der Waals surface area contributed by atoms with Gasteiger partial charge in [0.05, 0.1) is 17.1 Å². The molecule has 0 radical (unpaired) electrons. The van der Waals surface area contributed by atoms with Gasteiger partial charge in [-0.1, -0.05) is 0 Å². The van der Waals surface area contributed by atoms with Crippen LogP contribution in [0, 0.1) is 10.1 Å². The molecule has 0 aromatic heterocycles. The predicted molar refractivity (Wildman–Crippen MR) is 78.5 cm³/mol. The van der Waals surface area contributed by atoms with Crippen LogP contribution in [0.4, 0.5) is 11.4 Å². The third-order valence-electron chi connectivity index (χ3n) is 2.47. The molecule has 0 aliphatic heterocycles. The number of anilines is 1. The van der Waals surface area contributed by atoms with Crippen LogP contribution >= 0.6 is 0 Å². The van der Waals surface area contributed by atoms with Crippen molar-refractivity contribution >= 4 is 11.4 Å². The van der Waals surface area contributed by atoms with E-state index in [1.807, 2.05) is 20.8 Å².